The summed E-state index contributed by atoms with van der Waals surface area (Å²) in [6, 6.07) is 14.3. The van der Waals surface area contributed by atoms with Gasteiger partial charge in [0.15, 0.2) is 0 Å². The standard InChI is InChI=1S/C20H18ClN5O3/c1-12-17(19(27)28-2)18(26-20(22-12)23-24-25-26)14-8-4-6-10-16(14)29-11-13-7-3-5-9-15(13)21/h3-10,18H,11H2,1-2H3,(H,22,23,25). The summed E-state index contributed by atoms with van der Waals surface area (Å²) in [5.41, 5.74) is 2.61. The summed E-state index contributed by atoms with van der Waals surface area (Å²) in [6.45, 7) is 2.06. The number of aromatic nitrogens is 4. The van der Waals surface area contributed by atoms with E-state index in [-0.39, 0.29) is 6.61 Å². The summed E-state index contributed by atoms with van der Waals surface area (Å²) in [5, 5.41) is 15.4. The molecule has 1 aliphatic rings. The molecule has 9 heteroatoms. The van der Waals surface area contributed by atoms with Gasteiger partial charge in [-0.1, -0.05) is 53.1 Å². The zero-order valence-electron chi connectivity index (χ0n) is 15.8. The third kappa shape index (κ3) is 3.54. The maximum atomic E-state index is 12.6. The molecule has 1 atom stereocenters. The molecule has 0 fully saturated rings. The van der Waals surface area contributed by atoms with Crippen molar-refractivity contribution in [2.75, 3.05) is 12.4 Å². The number of tetrazole rings is 1. The number of allylic oxidation sites excluding steroid dienone is 1. The van der Waals surface area contributed by atoms with Crippen LogP contribution in [0, 0.1) is 0 Å². The lowest BCUT2D eigenvalue weighted by atomic mass is 9.95. The van der Waals surface area contributed by atoms with Crippen LogP contribution in [0.3, 0.4) is 0 Å². The van der Waals surface area contributed by atoms with E-state index in [0.717, 1.165) is 11.1 Å². The van der Waals surface area contributed by atoms with Gasteiger partial charge in [-0.05, 0) is 29.5 Å². The zero-order chi connectivity index (χ0) is 20.4. The zero-order valence-corrected chi connectivity index (χ0v) is 16.6. The Morgan fingerprint density at radius 3 is 2.76 bits per heavy atom. The van der Waals surface area contributed by atoms with Crippen molar-refractivity contribution in [3.8, 4) is 5.75 Å². The summed E-state index contributed by atoms with van der Waals surface area (Å²) in [5.74, 6) is 0.554. The van der Waals surface area contributed by atoms with Crippen LogP contribution in [0.1, 0.15) is 24.1 Å². The number of fused-ring (bicyclic) bond motifs is 1. The Morgan fingerprint density at radius 1 is 1.21 bits per heavy atom. The second-order valence-electron chi connectivity index (χ2n) is 6.42. The first kappa shape index (κ1) is 18.9. The number of benzene rings is 2. The molecule has 1 N–H and O–H groups in total. The van der Waals surface area contributed by atoms with Gasteiger partial charge >= 0.3 is 5.97 Å². The van der Waals surface area contributed by atoms with Crippen molar-refractivity contribution < 1.29 is 14.3 Å². The fourth-order valence-electron chi connectivity index (χ4n) is 3.28. The number of carbonyl (C=O) groups is 1. The summed E-state index contributed by atoms with van der Waals surface area (Å²) >= 11 is 6.25. The average Bonchev–Trinajstić information content (AvgIpc) is 3.20. The van der Waals surface area contributed by atoms with Crippen molar-refractivity contribution in [3.63, 3.8) is 0 Å². The van der Waals surface area contributed by atoms with E-state index in [9.17, 15) is 4.79 Å². The van der Waals surface area contributed by atoms with E-state index >= 15 is 0 Å². The van der Waals surface area contributed by atoms with Gasteiger partial charge in [-0.15, -0.1) is 0 Å². The SMILES string of the molecule is COC(=O)C1=C(C)Nc2nnnn2C1c1ccccc1OCc1ccccc1Cl. The van der Waals surface area contributed by atoms with Crippen molar-refractivity contribution in [1.29, 1.82) is 0 Å². The van der Waals surface area contributed by atoms with Gasteiger partial charge in [0, 0.05) is 21.8 Å². The molecule has 0 saturated heterocycles. The number of carbonyl (C=O) groups excluding carboxylic acids is 1. The minimum atomic E-state index is -0.601. The number of nitrogens with one attached hydrogen (secondary N) is 1. The number of hydrogen-bond donors (Lipinski definition) is 1. The van der Waals surface area contributed by atoms with Crippen LogP contribution in [0.25, 0.3) is 0 Å². The van der Waals surface area contributed by atoms with E-state index in [1.807, 2.05) is 48.5 Å². The second kappa shape index (κ2) is 7.92. The van der Waals surface area contributed by atoms with Gasteiger partial charge in [-0.3, -0.25) is 0 Å². The van der Waals surface area contributed by atoms with E-state index < -0.39 is 12.0 Å². The first-order valence-corrected chi connectivity index (χ1v) is 9.27. The molecule has 0 saturated carbocycles. The van der Waals surface area contributed by atoms with E-state index in [2.05, 4.69) is 20.8 Å². The molecule has 1 aliphatic heterocycles. The van der Waals surface area contributed by atoms with Crippen molar-refractivity contribution in [3.05, 3.63) is 76.0 Å². The summed E-state index contributed by atoms with van der Waals surface area (Å²) in [4.78, 5) is 12.6. The Bertz CT molecular complexity index is 1090. The third-order valence-corrected chi connectivity index (χ3v) is 5.04. The molecule has 8 nitrogen and oxygen atoms in total. The number of para-hydroxylation sites is 1. The normalized spacial score (nSPS) is 15.5. The van der Waals surface area contributed by atoms with E-state index in [0.29, 0.717) is 28.0 Å². The predicted molar refractivity (Wildman–Crippen MR) is 107 cm³/mol. The molecule has 2 aromatic carbocycles. The number of methoxy groups -OCH3 is 1. The fraction of sp³-hybridized carbons (Fsp3) is 0.200. The Morgan fingerprint density at radius 2 is 1.97 bits per heavy atom. The van der Waals surface area contributed by atoms with Crippen molar-refractivity contribution in [2.24, 2.45) is 0 Å². The summed E-state index contributed by atoms with van der Waals surface area (Å²) in [7, 11) is 1.34. The first-order valence-electron chi connectivity index (χ1n) is 8.89. The van der Waals surface area contributed by atoms with Gasteiger partial charge in [0.2, 0.25) is 5.95 Å². The molecule has 29 heavy (non-hydrogen) atoms. The van der Waals surface area contributed by atoms with Gasteiger partial charge in [0.25, 0.3) is 0 Å². The van der Waals surface area contributed by atoms with Crippen molar-refractivity contribution >= 4 is 23.5 Å². The number of ether oxygens (including phenoxy) is 2. The Kier molecular flexibility index (Phi) is 5.18. The maximum absolute atomic E-state index is 12.6. The fourth-order valence-corrected chi connectivity index (χ4v) is 3.47. The molecule has 0 radical (unpaired) electrons. The lowest BCUT2D eigenvalue weighted by Crippen LogP contribution is -2.29. The highest BCUT2D eigenvalue weighted by atomic mass is 35.5. The van der Waals surface area contributed by atoms with Crippen LogP contribution in [-0.2, 0) is 16.1 Å². The largest absolute Gasteiger partial charge is 0.488 e. The molecule has 0 spiro atoms. The molecule has 0 bridgehead atoms. The van der Waals surface area contributed by atoms with E-state index in [4.69, 9.17) is 21.1 Å². The first-order chi connectivity index (χ1) is 14.1. The number of rotatable bonds is 5. The minimum absolute atomic E-state index is 0.278. The lowest BCUT2D eigenvalue weighted by molar-refractivity contribution is -0.136. The van der Waals surface area contributed by atoms with E-state index in [1.54, 1.807) is 6.92 Å². The number of esters is 1. The molecular weight excluding hydrogens is 394 g/mol. The number of nitrogens with zero attached hydrogens (tertiary/aromatic N) is 4. The molecular formula is C20H18ClN5O3. The second-order valence-corrected chi connectivity index (χ2v) is 6.83. The molecule has 3 aromatic rings. The maximum Gasteiger partial charge on any atom is 0.338 e. The Balaban J connectivity index is 1.76. The van der Waals surface area contributed by atoms with Crippen LogP contribution in [0.4, 0.5) is 5.95 Å². The molecule has 0 amide bonds. The van der Waals surface area contributed by atoms with Gasteiger partial charge in [0.05, 0.1) is 12.7 Å². The van der Waals surface area contributed by atoms with Crippen molar-refractivity contribution in [2.45, 2.75) is 19.6 Å². The van der Waals surface area contributed by atoms with Crippen LogP contribution in [0.5, 0.6) is 5.75 Å². The Labute approximate surface area is 172 Å². The highest BCUT2D eigenvalue weighted by Gasteiger charge is 2.36. The van der Waals surface area contributed by atoms with E-state index in [1.165, 1.54) is 11.8 Å². The molecule has 1 aromatic heterocycles. The van der Waals surface area contributed by atoms with Gasteiger partial charge in [-0.2, -0.15) is 4.68 Å². The number of halogens is 1. The summed E-state index contributed by atoms with van der Waals surface area (Å²) < 4.78 is 12.6. The van der Waals surface area contributed by atoms with Crippen LogP contribution >= 0.6 is 11.6 Å². The van der Waals surface area contributed by atoms with Gasteiger partial charge in [0.1, 0.15) is 18.4 Å². The highest BCUT2D eigenvalue weighted by Crippen LogP contribution is 2.39. The Hall–Kier alpha value is -3.39. The minimum Gasteiger partial charge on any atom is -0.488 e. The van der Waals surface area contributed by atoms with Crippen LogP contribution in [0.15, 0.2) is 59.8 Å². The monoisotopic (exact) mass is 411 g/mol. The molecule has 4 rings (SSSR count). The van der Waals surface area contributed by atoms with Crippen LogP contribution in [-0.4, -0.2) is 33.3 Å². The van der Waals surface area contributed by atoms with Crippen molar-refractivity contribution in [1.82, 2.24) is 20.2 Å². The summed E-state index contributed by atoms with van der Waals surface area (Å²) in [6.07, 6.45) is 0. The van der Waals surface area contributed by atoms with Crippen LogP contribution in [0.2, 0.25) is 5.02 Å². The number of anilines is 1. The highest BCUT2D eigenvalue weighted by molar-refractivity contribution is 6.31. The molecule has 148 valence electrons. The molecule has 0 aliphatic carbocycles. The number of hydrogen-bond acceptors (Lipinski definition) is 7. The van der Waals surface area contributed by atoms with Gasteiger partial charge < -0.3 is 14.8 Å². The topological polar surface area (TPSA) is 91.2 Å². The van der Waals surface area contributed by atoms with Gasteiger partial charge in [-0.25, -0.2) is 4.79 Å². The quantitative estimate of drug-likeness (QED) is 0.643. The molecule has 1 unspecified atom stereocenters. The predicted octanol–water partition coefficient (Wildman–Crippen LogP) is 3.37. The third-order valence-electron chi connectivity index (χ3n) is 4.67. The smallest absolute Gasteiger partial charge is 0.338 e. The lowest BCUT2D eigenvalue weighted by Gasteiger charge is -2.28. The average molecular weight is 412 g/mol. The van der Waals surface area contributed by atoms with Crippen LogP contribution < -0.4 is 10.1 Å². The molecule has 2 heterocycles.